The average Bonchev–Trinajstić information content (AvgIpc) is 3.74. The van der Waals surface area contributed by atoms with E-state index in [1.54, 1.807) is 6.07 Å². The number of anilines is 1. The highest BCUT2D eigenvalue weighted by atomic mass is 35.5. The zero-order chi connectivity index (χ0) is 49.7. The van der Waals surface area contributed by atoms with Gasteiger partial charge in [-0.05, 0) is 153 Å². The zero-order valence-corrected chi connectivity index (χ0v) is 41.7. The monoisotopic (exact) mass is 1030 g/mol. The molecule has 6 aromatic rings. The van der Waals surface area contributed by atoms with Gasteiger partial charge in [-0.25, -0.2) is 19.9 Å². The maximum atomic E-state index is 12.9. The van der Waals surface area contributed by atoms with Crippen molar-refractivity contribution >= 4 is 60.5 Å². The molecule has 2 aromatic carbocycles. The van der Waals surface area contributed by atoms with Gasteiger partial charge in [0.2, 0.25) is 0 Å². The van der Waals surface area contributed by atoms with Gasteiger partial charge in [-0.3, -0.25) is 0 Å². The Balaban J connectivity index is 0.000000136. The number of rotatable bonds is 9. The molecule has 4 aliphatic carbocycles. The summed E-state index contributed by atoms with van der Waals surface area (Å²) in [7, 11) is 0. The normalized spacial score (nSPS) is 24.9. The summed E-state index contributed by atoms with van der Waals surface area (Å²) < 4.78 is 75.0. The zero-order valence-electron chi connectivity index (χ0n) is 39.3. The topological polar surface area (TPSA) is 114 Å². The number of hydrogen-bond donors (Lipinski definition) is 1. The summed E-state index contributed by atoms with van der Waals surface area (Å²) in [5, 5.41) is 23.7. The average molecular weight is 1030 g/mol. The number of aromatic nitrogens is 4. The van der Waals surface area contributed by atoms with E-state index in [4.69, 9.17) is 11.6 Å². The Hall–Kier alpha value is -4.87. The van der Waals surface area contributed by atoms with E-state index < -0.39 is 25.2 Å². The molecule has 2 aliphatic heterocycles. The molecular formula is C54H55ClF6N8S2. The lowest BCUT2D eigenvalue weighted by molar-refractivity contribution is -0.127. The summed E-state index contributed by atoms with van der Waals surface area (Å²) in [6.07, 6.45) is 8.97. The maximum absolute atomic E-state index is 12.9. The van der Waals surface area contributed by atoms with Gasteiger partial charge < -0.3 is 10.2 Å². The van der Waals surface area contributed by atoms with Crippen molar-refractivity contribution in [3.63, 3.8) is 0 Å². The number of nitrogens with zero attached hydrogens (tertiary/aromatic N) is 7. The first-order chi connectivity index (χ1) is 34.0. The molecule has 372 valence electrons. The first-order valence-electron chi connectivity index (χ1n) is 24.7. The Morgan fingerprint density at radius 3 is 1.65 bits per heavy atom. The highest BCUT2D eigenvalue weighted by molar-refractivity contribution is 7.19. The van der Waals surface area contributed by atoms with Gasteiger partial charge in [-0.1, -0.05) is 60.1 Å². The minimum Gasteiger partial charge on any atom is -0.355 e. The predicted molar refractivity (Wildman–Crippen MR) is 267 cm³/mol. The second kappa shape index (κ2) is 19.5. The lowest BCUT2D eigenvalue weighted by Crippen LogP contribution is -2.26. The van der Waals surface area contributed by atoms with Gasteiger partial charge in [-0.15, -0.1) is 22.7 Å². The number of hydrogen-bond acceptors (Lipinski definition) is 10. The smallest absolute Gasteiger partial charge is 0.355 e. The molecule has 0 amide bonds. The molecule has 17 heteroatoms. The Bertz CT molecular complexity index is 2940. The van der Waals surface area contributed by atoms with Gasteiger partial charge in [0, 0.05) is 34.8 Å². The van der Waals surface area contributed by atoms with E-state index in [2.05, 4.69) is 90.8 Å². The number of halogens is 7. The molecule has 4 unspecified atom stereocenters. The van der Waals surface area contributed by atoms with Crippen LogP contribution in [0.5, 0.6) is 0 Å². The van der Waals surface area contributed by atoms with Crippen molar-refractivity contribution < 1.29 is 26.3 Å². The first-order valence-corrected chi connectivity index (χ1v) is 26.7. The van der Waals surface area contributed by atoms with E-state index >= 15 is 0 Å². The van der Waals surface area contributed by atoms with Gasteiger partial charge in [0.25, 0.3) is 0 Å². The molecule has 6 fully saturated rings. The maximum Gasteiger partial charge on any atom is 0.393 e. The molecule has 12 rings (SSSR count). The molecular weight excluding hydrogens is 974 g/mol. The number of alkyl halides is 6. The molecule has 0 radical (unpaired) electrons. The molecule has 6 aliphatic rings. The fourth-order valence-electron chi connectivity index (χ4n) is 12.0. The number of nitriles is 2. The summed E-state index contributed by atoms with van der Waals surface area (Å²) in [6.45, 7) is 4.25. The summed E-state index contributed by atoms with van der Waals surface area (Å²) in [5.41, 5.74) is 5.71. The Morgan fingerprint density at radius 2 is 1.15 bits per heavy atom. The van der Waals surface area contributed by atoms with Crippen LogP contribution in [0.3, 0.4) is 0 Å². The minimum atomic E-state index is -4.22. The van der Waals surface area contributed by atoms with Crippen molar-refractivity contribution in [2.75, 3.05) is 31.1 Å². The lowest BCUT2D eigenvalue weighted by Gasteiger charge is -2.25. The highest BCUT2D eigenvalue weighted by Gasteiger charge is 2.47. The lowest BCUT2D eigenvalue weighted by atomic mass is 9.83. The number of benzene rings is 2. The van der Waals surface area contributed by atoms with Crippen molar-refractivity contribution in [3.05, 3.63) is 110 Å². The van der Waals surface area contributed by atoms with Crippen molar-refractivity contribution in [2.45, 2.75) is 126 Å². The third-order valence-electron chi connectivity index (χ3n) is 16.1. The van der Waals surface area contributed by atoms with Crippen molar-refractivity contribution in [1.29, 1.82) is 10.5 Å². The number of fused-ring (bicyclic) bond motifs is 2. The third kappa shape index (κ3) is 11.4. The van der Waals surface area contributed by atoms with Crippen LogP contribution in [0.25, 0.3) is 20.4 Å². The van der Waals surface area contributed by atoms with Crippen molar-refractivity contribution in [1.82, 2.24) is 25.3 Å². The molecule has 4 aromatic heterocycles. The van der Waals surface area contributed by atoms with Crippen LogP contribution in [0.4, 0.5) is 32.2 Å². The van der Waals surface area contributed by atoms with Crippen molar-refractivity contribution in [3.8, 4) is 12.1 Å². The summed E-state index contributed by atoms with van der Waals surface area (Å²) in [5.74, 6) is 2.28. The van der Waals surface area contributed by atoms with Crippen molar-refractivity contribution in [2.24, 2.45) is 22.7 Å². The quantitative estimate of drug-likeness (QED) is 0.112. The predicted octanol–water partition coefficient (Wildman–Crippen LogP) is 13.6. The van der Waals surface area contributed by atoms with Gasteiger partial charge in [0.05, 0.1) is 41.2 Å². The highest BCUT2D eigenvalue weighted by Crippen LogP contribution is 2.52. The van der Waals surface area contributed by atoms with Gasteiger partial charge >= 0.3 is 12.4 Å². The second-order valence-electron chi connectivity index (χ2n) is 21.3. The largest absolute Gasteiger partial charge is 0.393 e. The summed E-state index contributed by atoms with van der Waals surface area (Å²) in [4.78, 5) is 20.1. The molecule has 2 saturated heterocycles. The van der Waals surface area contributed by atoms with E-state index in [1.165, 1.54) is 99.9 Å². The van der Waals surface area contributed by atoms with E-state index in [0.717, 1.165) is 97.0 Å². The van der Waals surface area contributed by atoms with Gasteiger partial charge in [0.15, 0.2) is 0 Å². The Kier molecular flexibility index (Phi) is 13.7. The fourth-order valence-corrected chi connectivity index (χ4v) is 14.3. The third-order valence-corrected chi connectivity index (χ3v) is 18.5. The summed E-state index contributed by atoms with van der Waals surface area (Å²) in [6, 6.07) is 25.6. The van der Waals surface area contributed by atoms with Crippen LogP contribution in [-0.4, -0.2) is 58.5 Å². The van der Waals surface area contributed by atoms with E-state index in [1.807, 2.05) is 0 Å². The van der Waals surface area contributed by atoms with E-state index in [9.17, 15) is 36.9 Å². The second-order valence-corrected chi connectivity index (χ2v) is 23.9. The Labute approximate surface area is 422 Å². The number of nitrogens with one attached hydrogen (secondary N) is 1. The molecule has 0 bridgehead atoms. The van der Waals surface area contributed by atoms with Crippen LogP contribution in [0.2, 0.25) is 5.15 Å². The van der Waals surface area contributed by atoms with Crippen LogP contribution in [0.1, 0.15) is 109 Å². The summed E-state index contributed by atoms with van der Waals surface area (Å²) >= 11 is 7.81. The fraction of sp³-hybridized carbons (Fsp3) is 0.519. The molecule has 1 N–H and O–H groups in total. The first kappa shape index (κ1) is 49.7. The molecule has 8 nitrogen and oxygen atoms in total. The van der Waals surface area contributed by atoms with Crippen LogP contribution < -0.4 is 10.2 Å². The van der Waals surface area contributed by atoms with Gasteiger partial charge in [-0.2, -0.15) is 36.9 Å². The molecule has 4 saturated carbocycles. The van der Waals surface area contributed by atoms with E-state index in [-0.39, 0.29) is 31.2 Å². The molecule has 4 atom stereocenters. The SMILES string of the molecule is FC(F)(F)Cc1cc2c(Cl)ncnc2s1.N#CC1(c2ccc(CC3CCC4(CCN(c5ncnc6sc(CC(F)(F)F)cc56)C4)C3)cc2)CC1.N#CC1(c2ccc(CC3CCC4(CCNC4)C3)cc2)CC1. The molecule has 71 heavy (non-hydrogen) atoms. The number of thiophene rings is 2. The minimum absolute atomic E-state index is 0.133. The molecule has 2 spiro atoms. The molecule has 6 heterocycles. The Morgan fingerprint density at radius 1 is 0.648 bits per heavy atom. The van der Waals surface area contributed by atoms with E-state index in [0.29, 0.717) is 26.4 Å². The van der Waals surface area contributed by atoms with Crippen LogP contribution in [0.15, 0.2) is 73.3 Å². The van der Waals surface area contributed by atoms with Crippen LogP contribution in [-0.2, 0) is 36.5 Å². The standard InChI is InChI=1S/C27H27F3N4S.C19H24N2.C8H4ClF3N2S/c28-27(29,30)14-21-12-22-23(32-17-33-24(22)35-21)34-10-9-25(16-34)6-5-19(13-25)11-18-1-3-20(4-2-18)26(15-31)7-8-26;20-13-19(7-8-19)17-3-1-15(2-4-17)11-16-5-6-18(12-16)9-10-21-14-18;9-6-5-1-4(2-8(10,11)12)15-7(5)14-3-13-6/h1-4,12,17,19H,5-11,13-14,16H2;1-4,16,21H,5-12,14H2;1,3H,2H2. The van der Waals surface area contributed by atoms with Gasteiger partial charge in [0.1, 0.15) is 33.3 Å². The van der Waals surface area contributed by atoms with Crippen LogP contribution >= 0.6 is 34.3 Å². The van der Waals surface area contributed by atoms with Crippen LogP contribution in [0, 0.1) is 45.3 Å².